The molecule has 4 rings (SSSR count). The lowest BCUT2D eigenvalue weighted by atomic mass is 9.87. The van der Waals surface area contributed by atoms with E-state index in [1.165, 1.54) is 12.0 Å². The average Bonchev–Trinajstić information content (AvgIpc) is 3.11. The summed E-state index contributed by atoms with van der Waals surface area (Å²) >= 11 is 0. The van der Waals surface area contributed by atoms with E-state index in [2.05, 4.69) is 35.2 Å². The van der Waals surface area contributed by atoms with Gasteiger partial charge in [0.1, 0.15) is 0 Å². The molecule has 2 saturated heterocycles. The van der Waals surface area contributed by atoms with Crippen LogP contribution in [0.3, 0.4) is 0 Å². The normalized spacial score (nSPS) is 24.0. The highest BCUT2D eigenvalue weighted by atomic mass is 32.2. The second-order valence-corrected chi connectivity index (χ2v) is 10.1. The van der Waals surface area contributed by atoms with Gasteiger partial charge in [0, 0.05) is 18.6 Å². The van der Waals surface area contributed by atoms with Crippen LogP contribution in [0.15, 0.2) is 65.6 Å². The molecule has 150 valence electrons. The van der Waals surface area contributed by atoms with Crippen LogP contribution in [-0.4, -0.2) is 49.3 Å². The van der Waals surface area contributed by atoms with Crippen molar-refractivity contribution in [2.45, 2.75) is 49.0 Å². The van der Waals surface area contributed by atoms with E-state index < -0.39 is 10.0 Å². The molecule has 2 aromatic rings. The first kappa shape index (κ1) is 19.6. The lowest BCUT2D eigenvalue weighted by Gasteiger charge is -2.45. The smallest absolute Gasteiger partial charge is 0.243 e. The number of likely N-dealkylation sites (tertiary alicyclic amines) is 1. The summed E-state index contributed by atoms with van der Waals surface area (Å²) in [5, 5.41) is 0. The van der Waals surface area contributed by atoms with Crippen LogP contribution in [0.2, 0.25) is 0 Å². The summed E-state index contributed by atoms with van der Waals surface area (Å²) < 4.78 is 28.0. The Labute approximate surface area is 169 Å². The van der Waals surface area contributed by atoms with Crippen molar-refractivity contribution >= 4 is 10.0 Å². The highest BCUT2D eigenvalue weighted by Gasteiger charge is 2.46. The SMILES string of the molecule is O=S(=O)(c1ccccc1)N1CCC[C@@]2(CCCN2CCCc2ccccc2)C1. The summed E-state index contributed by atoms with van der Waals surface area (Å²) in [6, 6.07) is 19.5. The first-order valence-electron chi connectivity index (χ1n) is 10.4. The lowest BCUT2D eigenvalue weighted by Crippen LogP contribution is -2.57. The van der Waals surface area contributed by atoms with E-state index in [-0.39, 0.29) is 5.54 Å². The van der Waals surface area contributed by atoms with E-state index in [0.717, 1.165) is 45.2 Å². The van der Waals surface area contributed by atoms with Crippen LogP contribution in [0.1, 0.15) is 37.7 Å². The topological polar surface area (TPSA) is 40.6 Å². The molecule has 0 N–H and O–H groups in total. The molecule has 28 heavy (non-hydrogen) atoms. The van der Waals surface area contributed by atoms with Crippen molar-refractivity contribution in [2.75, 3.05) is 26.2 Å². The van der Waals surface area contributed by atoms with Crippen LogP contribution in [0.25, 0.3) is 0 Å². The Balaban J connectivity index is 1.44. The van der Waals surface area contributed by atoms with E-state index in [9.17, 15) is 8.42 Å². The van der Waals surface area contributed by atoms with Gasteiger partial charge in [-0.25, -0.2) is 8.42 Å². The number of rotatable bonds is 6. The maximum atomic E-state index is 13.1. The van der Waals surface area contributed by atoms with E-state index >= 15 is 0 Å². The summed E-state index contributed by atoms with van der Waals surface area (Å²) in [5.74, 6) is 0. The highest BCUT2D eigenvalue weighted by molar-refractivity contribution is 7.89. The number of sulfonamides is 1. The Morgan fingerprint density at radius 3 is 2.21 bits per heavy atom. The minimum absolute atomic E-state index is 0.0246. The van der Waals surface area contributed by atoms with Gasteiger partial charge in [0.25, 0.3) is 0 Å². The first-order chi connectivity index (χ1) is 13.6. The van der Waals surface area contributed by atoms with Gasteiger partial charge in [-0.05, 0) is 69.3 Å². The van der Waals surface area contributed by atoms with Gasteiger partial charge in [-0.1, -0.05) is 48.5 Å². The Bertz CT molecular complexity index is 870. The van der Waals surface area contributed by atoms with Gasteiger partial charge in [0.2, 0.25) is 10.0 Å². The van der Waals surface area contributed by atoms with Crippen LogP contribution in [0.4, 0.5) is 0 Å². The van der Waals surface area contributed by atoms with Crippen molar-refractivity contribution in [3.63, 3.8) is 0 Å². The quantitative estimate of drug-likeness (QED) is 0.740. The minimum Gasteiger partial charge on any atom is -0.296 e. The molecule has 0 saturated carbocycles. The zero-order valence-electron chi connectivity index (χ0n) is 16.5. The van der Waals surface area contributed by atoms with Crippen molar-refractivity contribution in [1.82, 2.24) is 9.21 Å². The van der Waals surface area contributed by atoms with Gasteiger partial charge in [0.05, 0.1) is 4.90 Å². The second kappa shape index (κ2) is 8.36. The van der Waals surface area contributed by atoms with Crippen LogP contribution in [-0.2, 0) is 16.4 Å². The van der Waals surface area contributed by atoms with Crippen molar-refractivity contribution in [3.8, 4) is 0 Å². The number of nitrogens with zero attached hydrogens (tertiary/aromatic N) is 2. The number of hydrogen-bond donors (Lipinski definition) is 0. The van der Waals surface area contributed by atoms with Gasteiger partial charge >= 0.3 is 0 Å². The zero-order valence-corrected chi connectivity index (χ0v) is 17.3. The lowest BCUT2D eigenvalue weighted by molar-refractivity contribution is 0.0732. The zero-order chi connectivity index (χ0) is 19.5. The van der Waals surface area contributed by atoms with Gasteiger partial charge in [0.15, 0.2) is 0 Å². The molecule has 0 bridgehead atoms. The molecule has 4 nitrogen and oxygen atoms in total. The van der Waals surface area contributed by atoms with Crippen molar-refractivity contribution < 1.29 is 8.42 Å². The molecule has 0 aromatic heterocycles. The molecule has 5 heteroatoms. The average molecular weight is 399 g/mol. The molecule has 1 spiro atoms. The first-order valence-corrected chi connectivity index (χ1v) is 11.9. The fourth-order valence-corrected chi connectivity index (χ4v) is 6.52. The number of aryl methyl sites for hydroxylation is 1. The molecule has 0 aliphatic carbocycles. The van der Waals surface area contributed by atoms with Crippen LogP contribution in [0, 0.1) is 0 Å². The predicted octanol–water partition coefficient (Wildman–Crippen LogP) is 3.94. The minimum atomic E-state index is -3.41. The Morgan fingerprint density at radius 1 is 0.857 bits per heavy atom. The largest absolute Gasteiger partial charge is 0.296 e. The van der Waals surface area contributed by atoms with Gasteiger partial charge < -0.3 is 0 Å². The van der Waals surface area contributed by atoms with Crippen molar-refractivity contribution in [1.29, 1.82) is 0 Å². The molecular formula is C23H30N2O2S. The third-order valence-corrected chi connectivity index (χ3v) is 8.24. The fourth-order valence-electron chi connectivity index (χ4n) is 4.94. The molecule has 0 amide bonds. The standard InChI is InChI=1S/C23H30N2O2S/c26-28(27,22-13-5-2-6-14-22)25-19-9-16-23(20-25)15-8-18-24(23)17-7-12-21-10-3-1-4-11-21/h1-6,10-11,13-14H,7-9,12,15-20H2/t23-/m0/s1. The van der Waals surface area contributed by atoms with Crippen LogP contribution < -0.4 is 0 Å². The van der Waals surface area contributed by atoms with E-state index in [0.29, 0.717) is 18.0 Å². The molecule has 2 fully saturated rings. The Kier molecular flexibility index (Phi) is 5.85. The van der Waals surface area contributed by atoms with Gasteiger partial charge in [-0.15, -0.1) is 0 Å². The number of piperidine rings is 1. The molecule has 0 unspecified atom stereocenters. The summed E-state index contributed by atoms with van der Waals surface area (Å²) in [6.07, 6.45) is 6.54. The molecule has 2 aliphatic rings. The van der Waals surface area contributed by atoms with E-state index in [4.69, 9.17) is 0 Å². The van der Waals surface area contributed by atoms with E-state index in [1.807, 2.05) is 6.07 Å². The van der Waals surface area contributed by atoms with Crippen LogP contribution in [0.5, 0.6) is 0 Å². The second-order valence-electron chi connectivity index (χ2n) is 8.16. The molecule has 1 atom stereocenters. The monoisotopic (exact) mass is 398 g/mol. The van der Waals surface area contributed by atoms with Crippen molar-refractivity contribution in [3.05, 3.63) is 66.2 Å². The van der Waals surface area contributed by atoms with Gasteiger partial charge in [-0.2, -0.15) is 4.31 Å². The summed E-state index contributed by atoms with van der Waals surface area (Å²) in [6.45, 7) is 3.41. The Morgan fingerprint density at radius 2 is 1.50 bits per heavy atom. The summed E-state index contributed by atoms with van der Waals surface area (Å²) in [7, 11) is -3.41. The third-order valence-electron chi connectivity index (χ3n) is 6.38. The molecular weight excluding hydrogens is 368 g/mol. The molecule has 0 radical (unpaired) electrons. The maximum Gasteiger partial charge on any atom is 0.243 e. The number of hydrogen-bond acceptors (Lipinski definition) is 3. The fraction of sp³-hybridized carbons (Fsp3) is 0.478. The van der Waals surface area contributed by atoms with Crippen LogP contribution >= 0.6 is 0 Å². The maximum absolute atomic E-state index is 13.1. The van der Waals surface area contributed by atoms with Gasteiger partial charge in [-0.3, -0.25) is 4.90 Å². The summed E-state index contributed by atoms with van der Waals surface area (Å²) in [5.41, 5.74) is 1.41. The van der Waals surface area contributed by atoms with Crippen molar-refractivity contribution in [2.24, 2.45) is 0 Å². The Hall–Kier alpha value is -1.69. The predicted molar refractivity (Wildman–Crippen MR) is 113 cm³/mol. The summed E-state index contributed by atoms with van der Waals surface area (Å²) in [4.78, 5) is 3.00. The molecule has 2 aliphatic heterocycles. The third kappa shape index (κ3) is 4.02. The molecule has 2 heterocycles. The molecule has 2 aromatic carbocycles. The number of benzene rings is 2. The van der Waals surface area contributed by atoms with E-state index in [1.54, 1.807) is 28.6 Å². The highest BCUT2D eigenvalue weighted by Crippen LogP contribution is 2.38.